The highest BCUT2D eigenvalue weighted by atomic mass is 15.2. The van der Waals surface area contributed by atoms with Gasteiger partial charge in [0.1, 0.15) is 0 Å². The lowest BCUT2D eigenvalue weighted by molar-refractivity contribution is 0.268. The number of hydrogen-bond acceptors (Lipinski definition) is 2. The predicted molar refractivity (Wildman–Crippen MR) is 50.7 cm³/mol. The first-order chi connectivity index (χ1) is 5.79. The number of nitrogens with one attached hydrogen (secondary N) is 1. The zero-order valence-electron chi connectivity index (χ0n) is 8.01. The maximum absolute atomic E-state index is 3.38. The summed E-state index contributed by atoms with van der Waals surface area (Å²) in [6.45, 7) is 6.97. The van der Waals surface area contributed by atoms with Crippen molar-refractivity contribution in [2.45, 2.75) is 32.7 Å². The van der Waals surface area contributed by atoms with Crippen LogP contribution in [0.3, 0.4) is 0 Å². The molecule has 0 aromatic carbocycles. The van der Waals surface area contributed by atoms with Gasteiger partial charge in [-0.25, -0.2) is 0 Å². The van der Waals surface area contributed by atoms with E-state index in [1.165, 1.54) is 25.1 Å². The van der Waals surface area contributed by atoms with Crippen LogP contribution in [0.2, 0.25) is 0 Å². The molecule has 1 fully saturated rings. The second-order valence-electron chi connectivity index (χ2n) is 4.12. The normalized spacial score (nSPS) is 28.4. The number of nitrogens with zero attached hydrogens (tertiary/aromatic N) is 1. The molecule has 1 atom stereocenters. The van der Waals surface area contributed by atoms with Crippen molar-refractivity contribution in [2.75, 3.05) is 13.1 Å². The molecular formula is C10H18N2. The Bertz CT molecular complexity index is 196. The molecular weight excluding hydrogens is 148 g/mol. The van der Waals surface area contributed by atoms with Crippen LogP contribution in [0.25, 0.3) is 0 Å². The van der Waals surface area contributed by atoms with Crippen LogP contribution in [0, 0.1) is 5.92 Å². The van der Waals surface area contributed by atoms with E-state index in [0.717, 1.165) is 12.6 Å². The van der Waals surface area contributed by atoms with Gasteiger partial charge in [0.25, 0.3) is 0 Å². The number of rotatable bonds is 1. The van der Waals surface area contributed by atoms with E-state index in [4.69, 9.17) is 0 Å². The standard InChI is InChI=1S/C10H18N2/c1-8(2)10-7-11-6-9-4-3-5-12(9)10/h7-9,11H,3-6H2,1-2H3. The van der Waals surface area contributed by atoms with Crippen LogP contribution < -0.4 is 5.32 Å². The van der Waals surface area contributed by atoms with Crippen LogP contribution in [-0.2, 0) is 0 Å². The molecule has 0 amide bonds. The molecule has 0 bridgehead atoms. The topological polar surface area (TPSA) is 15.3 Å². The largest absolute Gasteiger partial charge is 0.387 e. The smallest absolute Gasteiger partial charge is 0.0460 e. The molecule has 1 N–H and O–H groups in total. The van der Waals surface area contributed by atoms with Gasteiger partial charge in [0.05, 0.1) is 0 Å². The van der Waals surface area contributed by atoms with Crippen LogP contribution in [0.5, 0.6) is 0 Å². The molecule has 2 rings (SSSR count). The zero-order valence-corrected chi connectivity index (χ0v) is 8.01. The van der Waals surface area contributed by atoms with Crippen molar-refractivity contribution in [3.8, 4) is 0 Å². The highest BCUT2D eigenvalue weighted by molar-refractivity contribution is 5.10. The van der Waals surface area contributed by atoms with Crippen molar-refractivity contribution in [3.05, 3.63) is 11.9 Å². The van der Waals surface area contributed by atoms with Gasteiger partial charge in [-0.1, -0.05) is 13.8 Å². The van der Waals surface area contributed by atoms with E-state index in [-0.39, 0.29) is 0 Å². The summed E-state index contributed by atoms with van der Waals surface area (Å²) < 4.78 is 0. The van der Waals surface area contributed by atoms with Gasteiger partial charge in [-0.05, 0) is 18.8 Å². The highest BCUT2D eigenvalue weighted by Gasteiger charge is 2.29. The van der Waals surface area contributed by atoms with Gasteiger partial charge in [-0.15, -0.1) is 0 Å². The highest BCUT2D eigenvalue weighted by Crippen LogP contribution is 2.27. The molecule has 1 unspecified atom stereocenters. The first-order valence-electron chi connectivity index (χ1n) is 4.99. The number of fused-ring (bicyclic) bond motifs is 1. The molecule has 2 nitrogen and oxygen atoms in total. The molecule has 1 saturated heterocycles. The van der Waals surface area contributed by atoms with Crippen LogP contribution in [0.4, 0.5) is 0 Å². The second-order valence-corrected chi connectivity index (χ2v) is 4.12. The minimum absolute atomic E-state index is 0.665. The Balaban J connectivity index is 2.16. The van der Waals surface area contributed by atoms with E-state index < -0.39 is 0 Å². The average molecular weight is 166 g/mol. The van der Waals surface area contributed by atoms with Gasteiger partial charge in [-0.2, -0.15) is 0 Å². The lowest BCUT2D eigenvalue weighted by atomic mass is 10.1. The molecule has 2 heteroatoms. The van der Waals surface area contributed by atoms with Crippen molar-refractivity contribution in [1.29, 1.82) is 0 Å². The fourth-order valence-electron chi connectivity index (χ4n) is 2.27. The lowest BCUT2D eigenvalue weighted by Crippen LogP contribution is -2.42. The molecule has 2 aliphatic heterocycles. The lowest BCUT2D eigenvalue weighted by Gasteiger charge is -2.35. The Hall–Kier alpha value is -0.660. The van der Waals surface area contributed by atoms with E-state index in [0.29, 0.717) is 5.92 Å². The first-order valence-corrected chi connectivity index (χ1v) is 4.99. The van der Waals surface area contributed by atoms with E-state index in [9.17, 15) is 0 Å². The van der Waals surface area contributed by atoms with Crippen molar-refractivity contribution < 1.29 is 0 Å². The van der Waals surface area contributed by atoms with E-state index >= 15 is 0 Å². The Morgan fingerprint density at radius 2 is 2.42 bits per heavy atom. The Kier molecular flexibility index (Phi) is 1.99. The van der Waals surface area contributed by atoms with Crippen LogP contribution in [-0.4, -0.2) is 24.0 Å². The fraction of sp³-hybridized carbons (Fsp3) is 0.800. The average Bonchev–Trinajstić information content (AvgIpc) is 2.49. The van der Waals surface area contributed by atoms with Crippen LogP contribution in [0.15, 0.2) is 11.9 Å². The maximum Gasteiger partial charge on any atom is 0.0460 e. The van der Waals surface area contributed by atoms with Gasteiger partial charge in [-0.3, -0.25) is 0 Å². The third-order valence-corrected chi connectivity index (χ3v) is 2.90. The van der Waals surface area contributed by atoms with Crippen LogP contribution >= 0.6 is 0 Å². The van der Waals surface area contributed by atoms with E-state index in [1.54, 1.807) is 0 Å². The summed E-state index contributed by atoms with van der Waals surface area (Å²) in [5.74, 6) is 0.665. The van der Waals surface area contributed by atoms with Crippen LogP contribution in [0.1, 0.15) is 26.7 Å². The van der Waals surface area contributed by atoms with Gasteiger partial charge in [0, 0.05) is 31.0 Å². The number of hydrogen-bond donors (Lipinski definition) is 1. The molecule has 0 radical (unpaired) electrons. The Morgan fingerprint density at radius 1 is 1.58 bits per heavy atom. The molecule has 0 aliphatic carbocycles. The SMILES string of the molecule is CC(C)C1=CNCC2CCCN12. The molecule has 68 valence electrons. The summed E-state index contributed by atoms with van der Waals surface area (Å²) in [4.78, 5) is 2.58. The number of allylic oxidation sites excluding steroid dienone is 1. The van der Waals surface area contributed by atoms with Crippen molar-refractivity contribution >= 4 is 0 Å². The van der Waals surface area contributed by atoms with Gasteiger partial charge >= 0.3 is 0 Å². The van der Waals surface area contributed by atoms with Crippen molar-refractivity contribution in [3.63, 3.8) is 0 Å². The monoisotopic (exact) mass is 166 g/mol. The van der Waals surface area contributed by atoms with Gasteiger partial charge in [0.2, 0.25) is 0 Å². The summed E-state index contributed by atoms with van der Waals surface area (Å²) in [5, 5.41) is 3.38. The zero-order chi connectivity index (χ0) is 8.55. The summed E-state index contributed by atoms with van der Waals surface area (Å²) >= 11 is 0. The summed E-state index contributed by atoms with van der Waals surface area (Å²) in [6.07, 6.45) is 4.94. The molecule has 0 saturated carbocycles. The molecule has 2 aliphatic rings. The Labute approximate surface area is 74.6 Å². The maximum atomic E-state index is 3.38. The van der Waals surface area contributed by atoms with Crippen molar-refractivity contribution in [1.82, 2.24) is 10.2 Å². The fourth-order valence-corrected chi connectivity index (χ4v) is 2.27. The first kappa shape index (κ1) is 7.96. The second kappa shape index (κ2) is 3.00. The van der Waals surface area contributed by atoms with Gasteiger partial charge in [0.15, 0.2) is 0 Å². The summed E-state index contributed by atoms with van der Waals surface area (Å²) in [5.41, 5.74) is 1.50. The Morgan fingerprint density at radius 3 is 3.17 bits per heavy atom. The third-order valence-electron chi connectivity index (χ3n) is 2.90. The molecule has 0 spiro atoms. The third kappa shape index (κ3) is 1.19. The minimum atomic E-state index is 0.665. The summed E-state index contributed by atoms with van der Waals surface area (Å²) in [7, 11) is 0. The summed E-state index contributed by atoms with van der Waals surface area (Å²) in [6, 6.07) is 0.785. The quantitative estimate of drug-likeness (QED) is 0.636. The predicted octanol–water partition coefficient (Wildman–Crippen LogP) is 1.55. The minimum Gasteiger partial charge on any atom is -0.387 e. The van der Waals surface area contributed by atoms with Crippen molar-refractivity contribution in [2.24, 2.45) is 5.92 Å². The molecule has 12 heavy (non-hydrogen) atoms. The van der Waals surface area contributed by atoms with E-state index in [1.807, 2.05) is 0 Å². The van der Waals surface area contributed by atoms with Gasteiger partial charge < -0.3 is 10.2 Å². The molecule has 0 aromatic rings. The molecule has 0 aromatic heterocycles. The van der Waals surface area contributed by atoms with E-state index in [2.05, 4.69) is 30.3 Å². The molecule has 2 heterocycles.